The Balaban J connectivity index is 0.00000578. The topological polar surface area (TPSA) is 151 Å². The van der Waals surface area contributed by atoms with Gasteiger partial charge in [0.2, 0.25) is 0 Å². The van der Waals surface area contributed by atoms with Crippen molar-refractivity contribution in [3.8, 4) is 0 Å². The molecule has 0 fully saturated rings. The van der Waals surface area contributed by atoms with E-state index in [1.807, 2.05) is 0 Å². The maximum Gasteiger partial charge on any atom is 1.00 e. The SMILES string of the molecule is [C-]#[N+]c1ccc(N=Nc2ccc(N(CCCS(=O)(=O)[O-])CCCS(=O)(=O)[O-])cc2)cc1[N+]#[C-].[Na+].[Na+]. The number of benzene rings is 2. The Bertz CT molecular complexity index is 1270. The van der Waals surface area contributed by atoms with Crippen LogP contribution in [0.5, 0.6) is 0 Å². The van der Waals surface area contributed by atoms with Gasteiger partial charge in [-0.25, -0.2) is 16.8 Å². The molecule has 0 spiro atoms. The van der Waals surface area contributed by atoms with Crippen molar-refractivity contribution in [3.05, 3.63) is 65.3 Å². The zero-order valence-corrected chi connectivity index (χ0v) is 24.9. The molecule has 0 atom stereocenters. The molecule has 15 heteroatoms. The number of rotatable bonds is 11. The monoisotopic (exact) mass is 535 g/mol. The molecule has 0 aliphatic heterocycles. The van der Waals surface area contributed by atoms with Gasteiger partial charge in [-0.3, -0.25) is 9.69 Å². The summed E-state index contributed by atoms with van der Waals surface area (Å²) >= 11 is 0. The molecule has 35 heavy (non-hydrogen) atoms. The van der Waals surface area contributed by atoms with Gasteiger partial charge in [0, 0.05) is 30.3 Å². The second-order valence-electron chi connectivity index (χ2n) is 6.83. The van der Waals surface area contributed by atoms with Gasteiger partial charge in [0.15, 0.2) is 11.4 Å². The van der Waals surface area contributed by atoms with Crippen LogP contribution in [0, 0.1) is 13.1 Å². The third-order valence-corrected chi connectivity index (χ3v) is 5.92. The molecule has 0 aliphatic rings. The summed E-state index contributed by atoms with van der Waals surface area (Å²) in [7, 11) is -8.76. The summed E-state index contributed by atoms with van der Waals surface area (Å²) in [5, 5.41) is 8.13. The minimum absolute atomic E-state index is 0. The van der Waals surface area contributed by atoms with E-state index in [1.54, 1.807) is 35.2 Å². The van der Waals surface area contributed by atoms with Crippen LogP contribution in [0.15, 0.2) is 52.7 Å². The number of anilines is 1. The van der Waals surface area contributed by atoms with Gasteiger partial charge in [-0.15, -0.1) is 0 Å². The Hall–Kier alpha value is -1.36. The molecule has 0 saturated heterocycles. The maximum atomic E-state index is 10.9. The molecule has 2 rings (SSSR count). The standard InChI is InChI=1S/C20H21N5O6S2.2Na/c1-21-19-10-7-17(15-20(19)22-2)24-23-16-5-8-18(9-6-16)25(11-3-13-32(26,27)28)12-4-14-33(29,30)31;;/h5-10,15H,3-4,11-14H2,(H,26,27,28)(H,29,30,31);;/q;2*+1/p-2. The molecule has 0 aromatic heterocycles. The zero-order valence-electron chi connectivity index (χ0n) is 19.3. The average Bonchev–Trinajstić information content (AvgIpc) is 2.75. The maximum absolute atomic E-state index is 10.9. The summed E-state index contributed by atoms with van der Waals surface area (Å²) in [6, 6.07) is 11.1. The molecule has 0 N–H and O–H groups in total. The normalized spacial score (nSPS) is 11.1. The zero-order chi connectivity index (χ0) is 24.5. The quantitative estimate of drug-likeness (QED) is 0.138. The summed E-state index contributed by atoms with van der Waals surface area (Å²) in [6.45, 7) is 14.5. The molecule has 2 aromatic carbocycles. The van der Waals surface area contributed by atoms with Crippen LogP contribution in [0.2, 0.25) is 0 Å². The van der Waals surface area contributed by atoms with Crippen LogP contribution in [0.3, 0.4) is 0 Å². The molecule has 0 heterocycles. The fraction of sp³-hybridized carbons (Fsp3) is 0.300. The first kappa shape index (κ1) is 33.6. The second kappa shape index (κ2) is 15.7. The van der Waals surface area contributed by atoms with E-state index in [0.717, 1.165) is 0 Å². The van der Waals surface area contributed by atoms with Gasteiger partial charge in [0.1, 0.15) is 0 Å². The number of hydrogen-bond donors (Lipinski definition) is 0. The summed E-state index contributed by atoms with van der Waals surface area (Å²) in [6.07, 6.45) is 0.0861. The fourth-order valence-electron chi connectivity index (χ4n) is 2.84. The van der Waals surface area contributed by atoms with E-state index < -0.39 is 31.7 Å². The second-order valence-corrected chi connectivity index (χ2v) is 9.88. The van der Waals surface area contributed by atoms with Crippen molar-refractivity contribution < 1.29 is 85.1 Å². The smallest absolute Gasteiger partial charge is 0.748 e. The Morgan fingerprint density at radius 2 is 1.20 bits per heavy atom. The Kier molecular flexibility index (Phi) is 15.1. The van der Waals surface area contributed by atoms with Crippen LogP contribution in [0.1, 0.15) is 12.8 Å². The molecule has 0 aliphatic carbocycles. The van der Waals surface area contributed by atoms with Crippen molar-refractivity contribution in [1.82, 2.24) is 0 Å². The molecule has 2 aromatic rings. The van der Waals surface area contributed by atoms with Crippen molar-refractivity contribution in [2.75, 3.05) is 29.5 Å². The van der Waals surface area contributed by atoms with E-state index >= 15 is 0 Å². The predicted octanol–water partition coefficient (Wildman–Crippen LogP) is -2.11. The Morgan fingerprint density at radius 1 is 0.743 bits per heavy atom. The van der Waals surface area contributed by atoms with Gasteiger partial charge in [0.05, 0.1) is 44.8 Å². The largest absolute Gasteiger partial charge is 1.00 e. The van der Waals surface area contributed by atoms with E-state index in [-0.39, 0.29) is 96.4 Å². The van der Waals surface area contributed by atoms with Gasteiger partial charge >= 0.3 is 59.1 Å². The van der Waals surface area contributed by atoms with Gasteiger partial charge in [-0.1, -0.05) is 6.07 Å². The van der Waals surface area contributed by atoms with Crippen molar-refractivity contribution in [2.24, 2.45) is 10.2 Å². The van der Waals surface area contributed by atoms with Crippen LogP contribution in [0.25, 0.3) is 9.69 Å². The van der Waals surface area contributed by atoms with Crippen LogP contribution in [-0.2, 0) is 20.2 Å². The fourth-order valence-corrected chi connectivity index (χ4v) is 3.80. The summed E-state index contributed by atoms with van der Waals surface area (Å²) in [4.78, 5) is 8.22. The minimum atomic E-state index is -4.38. The number of hydrogen-bond acceptors (Lipinski definition) is 9. The third kappa shape index (κ3) is 13.0. The molecule has 11 nitrogen and oxygen atoms in total. The molecule has 0 amide bonds. The Morgan fingerprint density at radius 3 is 1.66 bits per heavy atom. The molecule has 174 valence electrons. The predicted molar refractivity (Wildman–Crippen MR) is 120 cm³/mol. The van der Waals surface area contributed by atoms with Crippen molar-refractivity contribution in [3.63, 3.8) is 0 Å². The number of nitrogens with zero attached hydrogens (tertiary/aromatic N) is 5. The first-order chi connectivity index (χ1) is 15.5. The van der Waals surface area contributed by atoms with E-state index in [9.17, 15) is 25.9 Å². The average molecular weight is 536 g/mol. The molecular formula is C20H19N5Na2O6S2. The van der Waals surface area contributed by atoms with Crippen LogP contribution in [0.4, 0.5) is 28.4 Å². The first-order valence-electron chi connectivity index (χ1n) is 9.53. The molecule has 0 unspecified atom stereocenters. The van der Waals surface area contributed by atoms with Crippen LogP contribution >= 0.6 is 0 Å². The van der Waals surface area contributed by atoms with Gasteiger partial charge in [-0.2, -0.15) is 10.2 Å². The molecule has 0 radical (unpaired) electrons. The molecule has 0 saturated carbocycles. The summed E-state index contributed by atoms with van der Waals surface area (Å²) < 4.78 is 65.1. The molecular weight excluding hydrogens is 516 g/mol. The molecule has 0 bridgehead atoms. The van der Waals surface area contributed by atoms with E-state index in [1.165, 1.54) is 12.1 Å². The van der Waals surface area contributed by atoms with Gasteiger partial charge in [0.25, 0.3) is 0 Å². The first-order valence-corrected chi connectivity index (χ1v) is 12.7. The third-order valence-electron chi connectivity index (χ3n) is 4.34. The van der Waals surface area contributed by atoms with E-state index in [0.29, 0.717) is 17.1 Å². The summed E-state index contributed by atoms with van der Waals surface area (Å²) in [5.41, 5.74) is 1.89. The van der Waals surface area contributed by atoms with E-state index in [2.05, 4.69) is 19.9 Å². The van der Waals surface area contributed by atoms with Crippen molar-refractivity contribution >= 4 is 48.7 Å². The number of azo groups is 1. The van der Waals surface area contributed by atoms with Gasteiger partial charge in [-0.05, 0) is 49.2 Å². The minimum Gasteiger partial charge on any atom is -0.748 e. The van der Waals surface area contributed by atoms with E-state index in [4.69, 9.17) is 13.1 Å². The van der Waals surface area contributed by atoms with Crippen molar-refractivity contribution in [2.45, 2.75) is 12.8 Å². The van der Waals surface area contributed by atoms with Crippen molar-refractivity contribution in [1.29, 1.82) is 0 Å². The van der Waals surface area contributed by atoms with Gasteiger partial charge < -0.3 is 14.0 Å². The van der Waals surface area contributed by atoms with Crippen LogP contribution < -0.4 is 64.0 Å². The Labute approximate surface area is 249 Å². The van der Waals surface area contributed by atoms with Crippen LogP contribution in [-0.4, -0.2) is 50.5 Å². The summed E-state index contributed by atoms with van der Waals surface area (Å²) in [5.74, 6) is -1.12.